The number of hydrogen-bond acceptors (Lipinski definition) is 5. The topological polar surface area (TPSA) is 117 Å². The lowest BCUT2D eigenvalue weighted by Crippen LogP contribution is -2.33. The van der Waals surface area contributed by atoms with Gasteiger partial charge in [-0.1, -0.05) is 48.5 Å². The fraction of sp³-hybridized carbons (Fsp3) is 0. The summed E-state index contributed by atoms with van der Waals surface area (Å²) in [6, 6.07) is 30.3. The van der Waals surface area contributed by atoms with E-state index in [1.54, 1.807) is 59.4 Å². The summed E-state index contributed by atoms with van der Waals surface area (Å²) >= 11 is 0. The number of nitrogens with zero attached hydrogens (tertiary/aromatic N) is 3. The zero-order valence-corrected chi connectivity index (χ0v) is 21.5. The van der Waals surface area contributed by atoms with Crippen molar-refractivity contribution in [2.45, 2.75) is 0 Å². The number of hydrogen-bond donors (Lipinski definition) is 3. The lowest BCUT2D eigenvalue weighted by molar-refractivity contribution is -0.136. The standard InChI is InChI=1S/C31H23FN6O3/c32-23-17-15-21(16-18-23)28-22(20-38(37-28)25-11-5-2-6-12-25)19-33-36-31(41)30(40)35-27-14-8-7-13-26(27)29(39)34-24-9-3-1-4-10-24/h1-20H,(H,34,39)(H,35,40)(H,36,41). The van der Waals surface area contributed by atoms with Crippen molar-refractivity contribution in [3.8, 4) is 16.9 Å². The lowest BCUT2D eigenvalue weighted by Gasteiger charge is -2.11. The number of amides is 3. The molecule has 0 aliphatic carbocycles. The number of nitrogens with one attached hydrogen (secondary N) is 3. The fourth-order valence-electron chi connectivity index (χ4n) is 3.93. The van der Waals surface area contributed by atoms with Gasteiger partial charge in [0.1, 0.15) is 11.5 Å². The van der Waals surface area contributed by atoms with Gasteiger partial charge in [0.25, 0.3) is 5.91 Å². The van der Waals surface area contributed by atoms with Gasteiger partial charge < -0.3 is 10.6 Å². The van der Waals surface area contributed by atoms with Gasteiger partial charge in [0.15, 0.2) is 0 Å². The Kier molecular flexibility index (Phi) is 8.01. The summed E-state index contributed by atoms with van der Waals surface area (Å²) in [5.74, 6) is -2.89. The van der Waals surface area contributed by atoms with Crippen LogP contribution < -0.4 is 16.1 Å². The van der Waals surface area contributed by atoms with Gasteiger partial charge in [-0.2, -0.15) is 10.2 Å². The van der Waals surface area contributed by atoms with Gasteiger partial charge in [0.2, 0.25) is 0 Å². The molecule has 3 amide bonds. The van der Waals surface area contributed by atoms with Crippen molar-refractivity contribution >= 4 is 35.3 Å². The van der Waals surface area contributed by atoms with E-state index in [-0.39, 0.29) is 17.1 Å². The molecule has 1 heterocycles. The normalized spacial score (nSPS) is 10.8. The maximum atomic E-state index is 13.5. The SMILES string of the molecule is O=C(NN=Cc1cn(-c2ccccc2)nc1-c1ccc(F)cc1)C(=O)Nc1ccccc1C(=O)Nc1ccccc1. The van der Waals surface area contributed by atoms with E-state index in [4.69, 9.17) is 0 Å². The van der Waals surface area contributed by atoms with Crippen LogP contribution in [-0.4, -0.2) is 33.7 Å². The predicted octanol–water partition coefficient (Wildman–Crippen LogP) is 5.02. The fourth-order valence-corrected chi connectivity index (χ4v) is 3.93. The third kappa shape index (κ3) is 6.58. The zero-order valence-electron chi connectivity index (χ0n) is 21.5. The Morgan fingerprint density at radius 1 is 0.756 bits per heavy atom. The minimum absolute atomic E-state index is 0.160. The second-order valence-corrected chi connectivity index (χ2v) is 8.74. The average molecular weight is 547 g/mol. The Bertz CT molecular complexity index is 1720. The largest absolute Gasteiger partial charge is 0.329 e. The van der Waals surface area contributed by atoms with Crippen LogP contribution in [0.2, 0.25) is 0 Å². The summed E-state index contributed by atoms with van der Waals surface area (Å²) < 4.78 is 15.1. The first kappa shape index (κ1) is 26.7. The van der Waals surface area contributed by atoms with Crippen molar-refractivity contribution in [1.82, 2.24) is 15.2 Å². The van der Waals surface area contributed by atoms with Crippen LogP contribution in [0.5, 0.6) is 0 Å². The third-order valence-corrected chi connectivity index (χ3v) is 5.91. The summed E-state index contributed by atoms with van der Waals surface area (Å²) in [6.45, 7) is 0. The van der Waals surface area contributed by atoms with Gasteiger partial charge in [0.05, 0.1) is 23.2 Å². The molecule has 0 bridgehead atoms. The van der Waals surface area contributed by atoms with Crippen molar-refractivity contribution in [1.29, 1.82) is 0 Å². The number of rotatable bonds is 7. The smallest absolute Gasteiger partial charge is 0.322 e. The minimum atomic E-state index is -1.04. The molecule has 4 aromatic carbocycles. The highest BCUT2D eigenvalue weighted by Gasteiger charge is 2.18. The highest BCUT2D eigenvalue weighted by Crippen LogP contribution is 2.23. The number of aromatic nitrogens is 2. The van der Waals surface area contributed by atoms with E-state index in [9.17, 15) is 18.8 Å². The number of halogens is 1. The number of carbonyl (C=O) groups excluding carboxylic acids is 3. The average Bonchev–Trinajstić information content (AvgIpc) is 3.43. The van der Waals surface area contributed by atoms with Gasteiger partial charge in [-0.3, -0.25) is 14.4 Å². The highest BCUT2D eigenvalue weighted by molar-refractivity contribution is 6.40. The molecule has 0 aliphatic heterocycles. The van der Waals surface area contributed by atoms with Crippen molar-refractivity contribution in [2.24, 2.45) is 5.10 Å². The first-order valence-electron chi connectivity index (χ1n) is 12.5. The van der Waals surface area contributed by atoms with Crippen molar-refractivity contribution < 1.29 is 18.8 Å². The number of anilines is 2. The summed E-state index contributed by atoms with van der Waals surface area (Å²) in [5, 5.41) is 13.7. The summed E-state index contributed by atoms with van der Waals surface area (Å²) in [6.07, 6.45) is 3.04. The Hall–Kier alpha value is -5.90. The molecule has 10 heteroatoms. The van der Waals surface area contributed by atoms with E-state index in [1.807, 2.05) is 36.4 Å². The van der Waals surface area contributed by atoms with Crippen LogP contribution in [-0.2, 0) is 9.59 Å². The number of carbonyl (C=O) groups is 3. The Morgan fingerprint density at radius 3 is 2.15 bits per heavy atom. The molecule has 0 atom stereocenters. The van der Waals surface area contributed by atoms with Crippen LogP contribution in [0.15, 0.2) is 120 Å². The lowest BCUT2D eigenvalue weighted by atomic mass is 10.1. The molecule has 5 rings (SSSR count). The second-order valence-electron chi connectivity index (χ2n) is 8.74. The molecular weight excluding hydrogens is 523 g/mol. The molecule has 41 heavy (non-hydrogen) atoms. The summed E-state index contributed by atoms with van der Waals surface area (Å²) in [4.78, 5) is 37.9. The zero-order chi connectivity index (χ0) is 28.6. The van der Waals surface area contributed by atoms with Crippen LogP contribution in [0.4, 0.5) is 15.8 Å². The molecule has 0 radical (unpaired) electrons. The molecule has 0 saturated heterocycles. The van der Waals surface area contributed by atoms with Crippen LogP contribution in [0.1, 0.15) is 15.9 Å². The molecular formula is C31H23FN6O3. The number of para-hydroxylation sites is 3. The summed E-state index contributed by atoms with van der Waals surface area (Å²) in [7, 11) is 0. The monoisotopic (exact) mass is 546 g/mol. The van der Waals surface area contributed by atoms with Crippen LogP contribution >= 0.6 is 0 Å². The molecule has 9 nitrogen and oxygen atoms in total. The molecule has 3 N–H and O–H groups in total. The Labute approximate surface area is 234 Å². The molecule has 0 aliphatic rings. The predicted molar refractivity (Wildman–Crippen MR) is 154 cm³/mol. The first-order chi connectivity index (χ1) is 20.0. The van der Waals surface area contributed by atoms with Crippen molar-refractivity contribution in [2.75, 3.05) is 10.6 Å². The molecule has 0 spiro atoms. The maximum absolute atomic E-state index is 13.5. The van der Waals surface area contributed by atoms with Gasteiger partial charge in [0, 0.05) is 23.0 Å². The van der Waals surface area contributed by atoms with Crippen LogP contribution in [0.25, 0.3) is 16.9 Å². The van der Waals surface area contributed by atoms with E-state index < -0.39 is 17.7 Å². The van der Waals surface area contributed by atoms with Gasteiger partial charge in [-0.05, 0) is 60.7 Å². The van der Waals surface area contributed by atoms with E-state index in [1.165, 1.54) is 30.5 Å². The van der Waals surface area contributed by atoms with E-state index in [2.05, 4.69) is 26.3 Å². The molecule has 5 aromatic rings. The van der Waals surface area contributed by atoms with Gasteiger partial charge in [-0.15, -0.1) is 0 Å². The van der Waals surface area contributed by atoms with E-state index in [0.717, 1.165) is 5.69 Å². The molecule has 0 fully saturated rings. The molecule has 202 valence electrons. The Morgan fingerprint density at radius 2 is 1.41 bits per heavy atom. The van der Waals surface area contributed by atoms with Gasteiger partial charge in [-0.25, -0.2) is 14.5 Å². The summed E-state index contributed by atoms with van der Waals surface area (Å²) in [5.41, 5.74) is 5.56. The Balaban J connectivity index is 1.30. The van der Waals surface area contributed by atoms with Crippen LogP contribution in [0.3, 0.4) is 0 Å². The first-order valence-corrected chi connectivity index (χ1v) is 12.5. The van der Waals surface area contributed by atoms with Crippen molar-refractivity contribution in [3.63, 3.8) is 0 Å². The highest BCUT2D eigenvalue weighted by atomic mass is 19.1. The second kappa shape index (κ2) is 12.3. The number of hydrazone groups is 1. The molecule has 1 aromatic heterocycles. The molecule has 0 saturated carbocycles. The number of benzene rings is 4. The van der Waals surface area contributed by atoms with Crippen LogP contribution in [0, 0.1) is 5.82 Å². The van der Waals surface area contributed by atoms with E-state index >= 15 is 0 Å². The molecule has 0 unspecified atom stereocenters. The van der Waals surface area contributed by atoms with Crippen molar-refractivity contribution in [3.05, 3.63) is 132 Å². The maximum Gasteiger partial charge on any atom is 0.329 e. The minimum Gasteiger partial charge on any atom is -0.322 e. The quantitative estimate of drug-likeness (QED) is 0.151. The third-order valence-electron chi connectivity index (χ3n) is 5.91. The van der Waals surface area contributed by atoms with E-state index in [0.29, 0.717) is 22.5 Å². The van der Waals surface area contributed by atoms with Gasteiger partial charge >= 0.3 is 11.8 Å².